The number of rotatable bonds is 3. The predicted octanol–water partition coefficient (Wildman–Crippen LogP) is -1.17. The molecule has 0 saturated heterocycles. The molecule has 12 heavy (non-hydrogen) atoms. The summed E-state index contributed by atoms with van der Waals surface area (Å²) < 4.78 is 21.9. The van der Waals surface area contributed by atoms with Crippen molar-refractivity contribution in [1.82, 2.24) is 0 Å². The monoisotopic (exact) mass is 193 g/mol. The predicted molar refractivity (Wildman–Crippen MR) is 42.4 cm³/mol. The second-order valence-electron chi connectivity index (χ2n) is 3.19. The van der Waals surface area contributed by atoms with Crippen LogP contribution in [-0.2, 0) is 14.6 Å². The van der Waals surface area contributed by atoms with E-state index in [4.69, 9.17) is 10.8 Å². The molecule has 3 N–H and O–H groups in total. The molecule has 0 unspecified atom stereocenters. The lowest BCUT2D eigenvalue weighted by Gasteiger charge is -2.06. The van der Waals surface area contributed by atoms with Crippen molar-refractivity contribution in [3.63, 3.8) is 0 Å². The zero-order chi connectivity index (χ0) is 9.57. The second-order valence-corrected chi connectivity index (χ2v) is 5.42. The number of carbonyl (C=O) groups is 1. The Kier molecular flexibility index (Phi) is 1.92. The van der Waals surface area contributed by atoms with Crippen molar-refractivity contribution < 1.29 is 18.3 Å². The van der Waals surface area contributed by atoms with Crippen LogP contribution in [0.2, 0.25) is 0 Å². The first-order valence-corrected chi connectivity index (χ1v) is 5.42. The summed E-state index contributed by atoms with van der Waals surface area (Å²) in [5.41, 5.74) is 4.01. The van der Waals surface area contributed by atoms with Crippen LogP contribution in [0.25, 0.3) is 0 Å². The highest BCUT2D eigenvalue weighted by molar-refractivity contribution is 7.91. The van der Waals surface area contributed by atoms with Crippen molar-refractivity contribution in [1.29, 1.82) is 0 Å². The molecule has 0 aromatic rings. The van der Waals surface area contributed by atoms with Crippen LogP contribution in [0.4, 0.5) is 0 Å². The van der Waals surface area contributed by atoms with Crippen LogP contribution in [0.15, 0.2) is 0 Å². The molecular weight excluding hydrogens is 182 g/mol. The van der Waals surface area contributed by atoms with Crippen molar-refractivity contribution in [2.45, 2.75) is 11.7 Å². The SMILES string of the molecule is CS(=O)(=O)[C@@H]1C[C@]1(CN)C(=O)O. The smallest absolute Gasteiger partial charge is 0.312 e. The first kappa shape index (κ1) is 9.47. The maximum absolute atomic E-state index is 11.0. The molecule has 1 aliphatic rings. The largest absolute Gasteiger partial charge is 0.481 e. The van der Waals surface area contributed by atoms with Gasteiger partial charge in [0.15, 0.2) is 9.84 Å². The van der Waals surface area contributed by atoms with Gasteiger partial charge in [0, 0.05) is 12.8 Å². The van der Waals surface area contributed by atoms with Gasteiger partial charge in [-0.15, -0.1) is 0 Å². The Balaban J connectivity index is 2.89. The number of hydrogen-bond acceptors (Lipinski definition) is 4. The van der Waals surface area contributed by atoms with Crippen LogP contribution in [0.5, 0.6) is 0 Å². The fourth-order valence-corrected chi connectivity index (χ4v) is 2.98. The van der Waals surface area contributed by atoms with Gasteiger partial charge in [-0.1, -0.05) is 0 Å². The molecular formula is C6H11NO4S. The second kappa shape index (κ2) is 2.43. The molecule has 0 aromatic heterocycles. The molecule has 0 bridgehead atoms. The Hall–Kier alpha value is -0.620. The molecule has 1 aliphatic carbocycles. The molecule has 0 aliphatic heterocycles. The molecule has 2 atom stereocenters. The summed E-state index contributed by atoms with van der Waals surface area (Å²) in [6.45, 7) is -0.111. The highest BCUT2D eigenvalue weighted by Gasteiger charge is 2.64. The van der Waals surface area contributed by atoms with Gasteiger partial charge in [0.25, 0.3) is 0 Å². The zero-order valence-electron chi connectivity index (χ0n) is 6.65. The van der Waals surface area contributed by atoms with Gasteiger partial charge < -0.3 is 10.8 Å². The van der Waals surface area contributed by atoms with Gasteiger partial charge in [-0.3, -0.25) is 4.79 Å². The molecule has 0 heterocycles. The normalized spacial score (nSPS) is 34.7. The average molecular weight is 193 g/mol. The van der Waals surface area contributed by atoms with Gasteiger partial charge >= 0.3 is 5.97 Å². The summed E-state index contributed by atoms with van der Waals surface area (Å²) in [7, 11) is -3.26. The number of sulfone groups is 1. The van der Waals surface area contributed by atoms with Crippen molar-refractivity contribution in [3.8, 4) is 0 Å². The van der Waals surface area contributed by atoms with Crippen LogP contribution >= 0.6 is 0 Å². The van der Waals surface area contributed by atoms with Crippen LogP contribution in [-0.4, -0.2) is 37.5 Å². The Morgan fingerprint density at radius 2 is 2.25 bits per heavy atom. The molecule has 1 rings (SSSR count). The molecule has 1 fully saturated rings. The Morgan fingerprint density at radius 1 is 1.75 bits per heavy atom. The lowest BCUT2D eigenvalue weighted by molar-refractivity contribution is -0.142. The van der Waals surface area contributed by atoms with Crippen LogP contribution in [0.3, 0.4) is 0 Å². The topological polar surface area (TPSA) is 97.5 Å². The Morgan fingerprint density at radius 3 is 2.33 bits per heavy atom. The molecule has 6 heteroatoms. The third-order valence-corrected chi connectivity index (χ3v) is 3.96. The first-order valence-electron chi connectivity index (χ1n) is 3.47. The van der Waals surface area contributed by atoms with E-state index in [1.165, 1.54) is 0 Å². The molecule has 0 aromatic carbocycles. The van der Waals surface area contributed by atoms with E-state index in [0.717, 1.165) is 6.26 Å². The van der Waals surface area contributed by atoms with Crippen molar-refractivity contribution in [3.05, 3.63) is 0 Å². The van der Waals surface area contributed by atoms with Gasteiger partial charge in [-0.25, -0.2) is 8.42 Å². The lowest BCUT2D eigenvalue weighted by Crippen LogP contribution is -2.30. The summed E-state index contributed by atoms with van der Waals surface area (Å²) in [5.74, 6) is -1.11. The van der Waals surface area contributed by atoms with Gasteiger partial charge in [-0.2, -0.15) is 0 Å². The number of carboxylic acids is 1. The van der Waals surface area contributed by atoms with Gasteiger partial charge in [-0.05, 0) is 6.42 Å². The summed E-state index contributed by atoms with van der Waals surface area (Å²) in [6.07, 6.45) is 1.19. The molecule has 0 radical (unpaired) electrons. The zero-order valence-corrected chi connectivity index (χ0v) is 7.47. The van der Waals surface area contributed by atoms with Crippen LogP contribution < -0.4 is 5.73 Å². The van der Waals surface area contributed by atoms with Gasteiger partial charge in [0.05, 0.1) is 10.7 Å². The Bertz CT molecular complexity index is 310. The maximum atomic E-state index is 11.0. The van der Waals surface area contributed by atoms with Crippen LogP contribution in [0.1, 0.15) is 6.42 Å². The standard InChI is InChI=1S/C6H11NO4S/c1-12(10,11)4-2-6(4,3-7)5(8)9/h4H,2-3,7H2,1H3,(H,8,9)/t4-,6-/m1/s1. The minimum atomic E-state index is -3.26. The van der Waals surface area contributed by atoms with Crippen molar-refractivity contribution >= 4 is 15.8 Å². The van der Waals surface area contributed by atoms with E-state index >= 15 is 0 Å². The van der Waals surface area contributed by atoms with E-state index in [1.54, 1.807) is 0 Å². The first-order chi connectivity index (χ1) is 5.34. The summed E-state index contributed by atoms with van der Waals surface area (Å²) in [5, 5.41) is 7.91. The van der Waals surface area contributed by atoms with E-state index in [9.17, 15) is 13.2 Å². The number of carboxylic acid groups (broad SMARTS) is 1. The van der Waals surface area contributed by atoms with E-state index in [0.29, 0.717) is 0 Å². The van der Waals surface area contributed by atoms with Gasteiger partial charge in [0.2, 0.25) is 0 Å². The van der Waals surface area contributed by atoms with E-state index in [-0.39, 0.29) is 13.0 Å². The molecule has 0 amide bonds. The Labute approximate surface area is 70.5 Å². The van der Waals surface area contributed by atoms with Gasteiger partial charge in [0.1, 0.15) is 0 Å². The summed E-state index contributed by atoms with van der Waals surface area (Å²) >= 11 is 0. The number of nitrogens with two attached hydrogens (primary N) is 1. The minimum Gasteiger partial charge on any atom is -0.481 e. The third kappa shape index (κ3) is 1.21. The minimum absolute atomic E-state index is 0.111. The fourth-order valence-electron chi connectivity index (χ4n) is 1.36. The molecule has 0 spiro atoms. The summed E-state index contributed by atoms with van der Waals surface area (Å²) in [4.78, 5) is 10.6. The van der Waals surface area contributed by atoms with E-state index < -0.39 is 26.5 Å². The summed E-state index contributed by atoms with van der Waals surface area (Å²) in [6, 6.07) is 0. The molecule has 1 saturated carbocycles. The maximum Gasteiger partial charge on any atom is 0.312 e. The lowest BCUT2D eigenvalue weighted by atomic mass is 10.1. The third-order valence-electron chi connectivity index (χ3n) is 2.31. The highest BCUT2D eigenvalue weighted by Crippen LogP contribution is 2.49. The quantitative estimate of drug-likeness (QED) is 0.588. The molecule has 5 nitrogen and oxygen atoms in total. The number of aliphatic carboxylic acids is 1. The van der Waals surface area contributed by atoms with E-state index in [2.05, 4.69) is 0 Å². The van der Waals surface area contributed by atoms with Crippen molar-refractivity contribution in [2.75, 3.05) is 12.8 Å². The average Bonchev–Trinajstić information content (AvgIpc) is 2.60. The fraction of sp³-hybridized carbons (Fsp3) is 0.833. The number of hydrogen-bond donors (Lipinski definition) is 2. The van der Waals surface area contributed by atoms with Crippen molar-refractivity contribution in [2.24, 2.45) is 11.1 Å². The molecule has 70 valence electrons. The van der Waals surface area contributed by atoms with E-state index in [1.807, 2.05) is 0 Å². The van der Waals surface area contributed by atoms with Crippen LogP contribution in [0, 0.1) is 5.41 Å². The highest BCUT2D eigenvalue weighted by atomic mass is 32.2.